The van der Waals surface area contributed by atoms with Crippen molar-refractivity contribution in [2.75, 3.05) is 19.6 Å². The highest BCUT2D eigenvalue weighted by Crippen LogP contribution is 2.18. The fourth-order valence-electron chi connectivity index (χ4n) is 1.49. The van der Waals surface area contributed by atoms with Gasteiger partial charge in [0.2, 0.25) is 5.91 Å². The van der Waals surface area contributed by atoms with E-state index < -0.39 is 29.2 Å². The first kappa shape index (κ1) is 14.1. The van der Waals surface area contributed by atoms with Crippen molar-refractivity contribution in [1.29, 1.82) is 0 Å². The number of carbonyl (C=O) groups excluding carboxylic acids is 4. The summed E-state index contributed by atoms with van der Waals surface area (Å²) >= 11 is 0. The molecule has 0 atom stereocenters. The van der Waals surface area contributed by atoms with Gasteiger partial charge in [-0.3, -0.25) is 24.5 Å². The van der Waals surface area contributed by atoms with Crippen LogP contribution in [0.25, 0.3) is 0 Å². The molecule has 1 aliphatic heterocycles. The number of carbonyl (C=O) groups is 4. The fraction of sp³-hybridized carbons (Fsp3) is 0.600. The van der Waals surface area contributed by atoms with Crippen LogP contribution in [0.1, 0.15) is 13.8 Å². The average Bonchev–Trinajstić information content (AvgIpc) is 2.30. The van der Waals surface area contributed by atoms with Crippen LogP contribution in [-0.2, 0) is 19.2 Å². The standard InChI is InChI=1S/C10H16N4O4/c1-10(2)9(18)13-6(15)5-14(10)8(17)7(16)12-4-3-11/h3-5,11H2,1-2H3,(H,12,16)(H,13,15,18). The van der Waals surface area contributed by atoms with E-state index in [0.29, 0.717) is 0 Å². The number of hydrogen-bond acceptors (Lipinski definition) is 5. The van der Waals surface area contributed by atoms with Crippen molar-refractivity contribution < 1.29 is 19.2 Å². The quantitative estimate of drug-likeness (QED) is 0.367. The number of nitrogens with zero attached hydrogens (tertiary/aromatic N) is 1. The van der Waals surface area contributed by atoms with E-state index in [1.54, 1.807) is 0 Å². The first-order chi connectivity index (χ1) is 8.30. The lowest BCUT2D eigenvalue weighted by Gasteiger charge is -2.39. The molecule has 0 unspecified atom stereocenters. The van der Waals surface area contributed by atoms with E-state index in [0.717, 1.165) is 4.90 Å². The maximum atomic E-state index is 11.9. The second-order valence-corrected chi connectivity index (χ2v) is 4.37. The van der Waals surface area contributed by atoms with Crippen LogP contribution >= 0.6 is 0 Å². The summed E-state index contributed by atoms with van der Waals surface area (Å²) in [4.78, 5) is 47.1. The Labute approximate surface area is 104 Å². The van der Waals surface area contributed by atoms with Gasteiger partial charge in [0, 0.05) is 13.1 Å². The molecule has 0 aromatic heterocycles. The maximum absolute atomic E-state index is 11.9. The number of amides is 4. The summed E-state index contributed by atoms with van der Waals surface area (Å²) in [5.74, 6) is -3.02. The highest BCUT2D eigenvalue weighted by molar-refractivity contribution is 6.36. The first-order valence-electron chi connectivity index (χ1n) is 5.45. The van der Waals surface area contributed by atoms with Crippen LogP contribution < -0.4 is 16.4 Å². The lowest BCUT2D eigenvalue weighted by molar-refractivity contribution is -0.159. The van der Waals surface area contributed by atoms with E-state index in [2.05, 4.69) is 10.6 Å². The molecule has 8 heteroatoms. The van der Waals surface area contributed by atoms with Crippen LogP contribution in [0.4, 0.5) is 0 Å². The van der Waals surface area contributed by atoms with Gasteiger partial charge in [-0.2, -0.15) is 0 Å². The second kappa shape index (κ2) is 5.13. The molecule has 1 saturated heterocycles. The molecule has 0 radical (unpaired) electrons. The zero-order valence-electron chi connectivity index (χ0n) is 10.3. The molecule has 0 aromatic rings. The molecule has 8 nitrogen and oxygen atoms in total. The molecule has 1 heterocycles. The van der Waals surface area contributed by atoms with Crippen molar-refractivity contribution in [3.63, 3.8) is 0 Å². The summed E-state index contributed by atoms with van der Waals surface area (Å²) in [6.45, 7) is 2.94. The third kappa shape index (κ3) is 2.65. The molecule has 18 heavy (non-hydrogen) atoms. The van der Waals surface area contributed by atoms with Crippen molar-refractivity contribution in [2.45, 2.75) is 19.4 Å². The van der Waals surface area contributed by atoms with Crippen molar-refractivity contribution >= 4 is 23.6 Å². The smallest absolute Gasteiger partial charge is 0.313 e. The molecular formula is C10H16N4O4. The Kier molecular flexibility index (Phi) is 4.02. The number of piperazine rings is 1. The number of imide groups is 1. The monoisotopic (exact) mass is 256 g/mol. The van der Waals surface area contributed by atoms with Gasteiger partial charge in [0.1, 0.15) is 12.1 Å². The molecule has 0 spiro atoms. The Morgan fingerprint density at radius 3 is 2.61 bits per heavy atom. The first-order valence-corrected chi connectivity index (χ1v) is 5.45. The third-order valence-corrected chi connectivity index (χ3v) is 2.65. The van der Waals surface area contributed by atoms with E-state index in [-0.39, 0.29) is 19.6 Å². The zero-order chi connectivity index (χ0) is 13.9. The summed E-state index contributed by atoms with van der Waals surface area (Å²) < 4.78 is 0. The summed E-state index contributed by atoms with van der Waals surface area (Å²) in [6.07, 6.45) is 0. The molecule has 0 saturated carbocycles. The number of hydrogen-bond donors (Lipinski definition) is 3. The molecule has 1 rings (SSSR count). The highest BCUT2D eigenvalue weighted by atomic mass is 16.2. The van der Waals surface area contributed by atoms with Gasteiger partial charge >= 0.3 is 11.8 Å². The van der Waals surface area contributed by atoms with E-state index in [4.69, 9.17) is 5.73 Å². The minimum absolute atomic E-state index is 0.152. The van der Waals surface area contributed by atoms with Crippen molar-refractivity contribution in [3.8, 4) is 0 Å². The molecule has 100 valence electrons. The summed E-state index contributed by atoms with van der Waals surface area (Å²) in [6, 6.07) is 0. The zero-order valence-corrected chi connectivity index (χ0v) is 10.3. The number of rotatable bonds is 2. The molecular weight excluding hydrogens is 240 g/mol. The minimum atomic E-state index is -1.24. The van der Waals surface area contributed by atoms with Crippen LogP contribution in [0, 0.1) is 0 Å². The fourth-order valence-corrected chi connectivity index (χ4v) is 1.49. The van der Waals surface area contributed by atoms with Gasteiger partial charge in [-0.1, -0.05) is 0 Å². The molecule has 1 aliphatic rings. The molecule has 0 aliphatic carbocycles. The lowest BCUT2D eigenvalue weighted by Crippen LogP contribution is -2.67. The third-order valence-electron chi connectivity index (χ3n) is 2.65. The van der Waals surface area contributed by atoms with Gasteiger partial charge in [0.25, 0.3) is 5.91 Å². The maximum Gasteiger partial charge on any atom is 0.313 e. The van der Waals surface area contributed by atoms with E-state index >= 15 is 0 Å². The van der Waals surface area contributed by atoms with Gasteiger partial charge in [-0.25, -0.2) is 0 Å². The molecule has 0 aromatic carbocycles. The van der Waals surface area contributed by atoms with Crippen LogP contribution in [-0.4, -0.2) is 53.7 Å². The molecule has 4 amide bonds. The lowest BCUT2D eigenvalue weighted by atomic mass is 9.98. The number of nitrogens with two attached hydrogens (primary N) is 1. The highest BCUT2D eigenvalue weighted by Gasteiger charge is 2.45. The van der Waals surface area contributed by atoms with Gasteiger partial charge in [0.05, 0.1) is 0 Å². The minimum Gasteiger partial charge on any atom is -0.347 e. The normalized spacial score (nSPS) is 18.3. The van der Waals surface area contributed by atoms with Crippen molar-refractivity contribution in [3.05, 3.63) is 0 Å². The topological polar surface area (TPSA) is 122 Å². The Balaban J connectivity index is 2.85. The van der Waals surface area contributed by atoms with Crippen molar-refractivity contribution in [1.82, 2.24) is 15.5 Å². The van der Waals surface area contributed by atoms with Crippen LogP contribution in [0.2, 0.25) is 0 Å². The van der Waals surface area contributed by atoms with Gasteiger partial charge in [-0.05, 0) is 13.8 Å². The predicted molar refractivity (Wildman–Crippen MR) is 61.0 cm³/mol. The Morgan fingerprint density at radius 1 is 1.44 bits per heavy atom. The van der Waals surface area contributed by atoms with Crippen LogP contribution in [0.5, 0.6) is 0 Å². The Morgan fingerprint density at radius 2 is 2.06 bits per heavy atom. The predicted octanol–water partition coefficient (Wildman–Crippen LogP) is -2.68. The average molecular weight is 256 g/mol. The van der Waals surface area contributed by atoms with Gasteiger partial charge in [0.15, 0.2) is 0 Å². The Hall–Kier alpha value is -1.96. The SMILES string of the molecule is CC1(C)C(=O)NC(=O)CN1C(=O)C(=O)NCCN. The molecule has 0 bridgehead atoms. The summed E-state index contributed by atoms with van der Waals surface area (Å²) in [7, 11) is 0. The van der Waals surface area contributed by atoms with Crippen LogP contribution in [0.3, 0.4) is 0 Å². The van der Waals surface area contributed by atoms with Crippen molar-refractivity contribution in [2.24, 2.45) is 5.73 Å². The van der Waals surface area contributed by atoms with E-state index in [1.165, 1.54) is 13.8 Å². The largest absolute Gasteiger partial charge is 0.347 e. The van der Waals surface area contributed by atoms with E-state index in [1.807, 2.05) is 0 Å². The summed E-state index contributed by atoms with van der Waals surface area (Å²) in [5, 5.41) is 4.41. The van der Waals surface area contributed by atoms with Crippen LogP contribution in [0.15, 0.2) is 0 Å². The molecule has 1 fully saturated rings. The van der Waals surface area contributed by atoms with E-state index in [9.17, 15) is 19.2 Å². The van der Waals surface area contributed by atoms with Gasteiger partial charge in [-0.15, -0.1) is 0 Å². The second-order valence-electron chi connectivity index (χ2n) is 4.37. The van der Waals surface area contributed by atoms with Gasteiger partial charge < -0.3 is 16.0 Å². The summed E-state index contributed by atoms with van der Waals surface area (Å²) in [5.41, 5.74) is 3.95. The number of nitrogens with one attached hydrogen (secondary N) is 2. The molecule has 4 N–H and O–H groups in total. The Bertz CT molecular complexity index is 405.